The summed E-state index contributed by atoms with van der Waals surface area (Å²) in [4.78, 5) is 34.2. The standard InChI is InChI=1S/C31H28F4N4O4/c1-4-16-9-18-10-19(11-24(42-3)25(18)37-13-16)28(40)38-14-22(31(33,34)35)23-12-21-27(43-15-30(21,2)29(36)41)26(39-23)17-5-7-20(32)8-6-17/h5-13,22H,4,14-15H2,1-3H3,(H2,36,41)(H,38,40)/t22-,30+/m1/s1. The maximum absolute atomic E-state index is 14.6. The monoisotopic (exact) mass is 596 g/mol. The predicted octanol–water partition coefficient (Wildman–Crippen LogP) is 5.22. The van der Waals surface area contributed by atoms with Gasteiger partial charge in [0.25, 0.3) is 5.91 Å². The van der Waals surface area contributed by atoms with Gasteiger partial charge in [0.05, 0.1) is 12.8 Å². The predicted molar refractivity (Wildman–Crippen MR) is 150 cm³/mol. The third kappa shape index (κ3) is 5.56. The largest absolute Gasteiger partial charge is 0.494 e. The van der Waals surface area contributed by atoms with Crippen LogP contribution in [0, 0.1) is 5.82 Å². The maximum atomic E-state index is 14.6. The van der Waals surface area contributed by atoms with Gasteiger partial charge in [-0.25, -0.2) is 9.37 Å². The van der Waals surface area contributed by atoms with E-state index in [1.165, 1.54) is 38.3 Å². The number of amides is 2. The van der Waals surface area contributed by atoms with Gasteiger partial charge < -0.3 is 20.5 Å². The second kappa shape index (κ2) is 11.2. The molecule has 4 aromatic rings. The summed E-state index contributed by atoms with van der Waals surface area (Å²) in [6.07, 6.45) is -2.46. The van der Waals surface area contributed by atoms with Crippen molar-refractivity contribution in [1.82, 2.24) is 15.3 Å². The highest BCUT2D eigenvalue weighted by molar-refractivity contribution is 6.00. The van der Waals surface area contributed by atoms with Crippen molar-refractivity contribution in [3.8, 4) is 22.8 Å². The van der Waals surface area contributed by atoms with E-state index in [1.807, 2.05) is 13.0 Å². The molecule has 43 heavy (non-hydrogen) atoms. The van der Waals surface area contributed by atoms with Crippen molar-refractivity contribution >= 4 is 22.7 Å². The molecule has 0 aliphatic carbocycles. The second-order valence-electron chi connectivity index (χ2n) is 10.5. The van der Waals surface area contributed by atoms with E-state index >= 15 is 0 Å². The molecule has 0 saturated heterocycles. The van der Waals surface area contributed by atoms with E-state index < -0.39 is 47.4 Å². The summed E-state index contributed by atoms with van der Waals surface area (Å²) in [6, 6.07) is 10.9. The van der Waals surface area contributed by atoms with Crippen LogP contribution in [-0.2, 0) is 16.6 Å². The minimum Gasteiger partial charge on any atom is -0.494 e. The summed E-state index contributed by atoms with van der Waals surface area (Å²) >= 11 is 0. The lowest BCUT2D eigenvalue weighted by Crippen LogP contribution is -2.40. The third-order valence-electron chi connectivity index (χ3n) is 7.67. The Morgan fingerprint density at radius 2 is 1.88 bits per heavy atom. The Balaban J connectivity index is 1.54. The molecule has 1 aliphatic rings. The minimum atomic E-state index is -4.85. The fourth-order valence-corrected chi connectivity index (χ4v) is 5.02. The van der Waals surface area contributed by atoms with Gasteiger partial charge >= 0.3 is 6.18 Å². The number of fused-ring (bicyclic) bond motifs is 2. The lowest BCUT2D eigenvalue weighted by atomic mass is 9.82. The Kier molecular flexibility index (Phi) is 7.72. The molecule has 2 amide bonds. The van der Waals surface area contributed by atoms with Crippen LogP contribution >= 0.6 is 0 Å². The molecular weight excluding hydrogens is 568 g/mol. The number of carbonyl (C=O) groups is 2. The first-order valence-corrected chi connectivity index (χ1v) is 13.4. The molecule has 3 N–H and O–H groups in total. The van der Waals surface area contributed by atoms with Gasteiger partial charge in [-0.15, -0.1) is 0 Å². The Morgan fingerprint density at radius 1 is 1.16 bits per heavy atom. The van der Waals surface area contributed by atoms with Gasteiger partial charge in [-0.1, -0.05) is 6.92 Å². The van der Waals surface area contributed by atoms with Crippen molar-refractivity contribution in [2.75, 3.05) is 20.3 Å². The molecule has 8 nitrogen and oxygen atoms in total. The van der Waals surface area contributed by atoms with Crippen LogP contribution < -0.4 is 20.5 Å². The number of nitrogens with one attached hydrogen (secondary N) is 1. The third-order valence-corrected chi connectivity index (χ3v) is 7.67. The number of nitrogens with zero attached hydrogens (tertiary/aromatic N) is 2. The molecule has 5 rings (SSSR count). The van der Waals surface area contributed by atoms with Crippen LogP contribution in [0.4, 0.5) is 17.6 Å². The first-order valence-electron chi connectivity index (χ1n) is 13.4. The molecule has 12 heteroatoms. The number of hydrogen-bond acceptors (Lipinski definition) is 6. The second-order valence-corrected chi connectivity index (χ2v) is 10.5. The molecule has 0 saturated carbocycles. The lowest BCUT2D eigenvalue weighted by Gasteiger charge is -2.24. The number of halogens is 4. The number of rotatable bonds is 8. The molecular formula is C31H28F4N4O4. The van der Waals surface area contributed by atoms with E-state index in [2.05, 4.69) is 15.3 Å². The number of hydrogen-bond donors (Lipinski definition) is 2. The quantitative estimate of drug-likeness (QED) is 0.270. The van der Waals surface area contributed by atoms with Crippen LogP contribution in [0.25, 0.3) is 22.2 Å². The molecule has 0 bridgehead atoms. The Labute approximate surface area is 244 Å². The number of aryl methyl sites for hydroxylation is 1. The number of aromatic nitrogens is 2. The fourth-order valence-electron chi connectivity index (χ4n) is 5.02. The van der Waals surface area contributed by atoms with Crippen LogP contribution in [-0.4, -0.2) is 48.2 Å². The van der Waals surface area contributed by atoms with Crippen LogP contribution in [0.3, 0.4) is 0 Å². The Morgan fingerprint density at radius 3 is 2.51 bits per heavy atom. The molecule has 0 fully saturated rings. The molecule has 1 aliphatic heterocycles. The number of nitrogens with two attached hydrogens (primary N) is 1. The van der Waals surface area contributed by atoms with Crippen LogP contribution in [0.2, 0.25) is 0 Å². The zero-order valence-corrected chi connectivity index (χ0v) is 23.5. The lowest BCUT2D eigenvalue weighted by molar-refractivity contribution is -0.149. The van der Waals surface area contributed by atoms with E-state index in [0.717, 1.165) is 23.8 Å². The average Bonchev–Trinajstić information content (AvgIpc) is 3.33. The van der Waals surface area contributed by atoms with Crippen molar-refractivity contribution in [2.24, 2.45) is 5.73 Å². The highest BCUT2D eigenvalue weighted by Crippen LogP contribution is 2.46. The maximum Gasteiger partial charge on any atom is 0.398 e. The van der Waals surface area contributed by atoms with E-state index in [-0.39, 0.29) is 34.7 Å². The van der Waals surface area contributed by atoms with Crippen molar-refractivity contribution in [2.45, 2.75) is 37.8 Å². The molecule has 0 unspecified atom stereocenters. The fraction of sp³-hybridized carbons (Fsp3) is 0.290. The molecule has 2 aromatic heterocycles. The van der Waals surface area contributed by atoms with Gasteiger partial charge in [0.2, 0.25) is 5.91 Å². The normalized spacial score (nSPS) is 16.8. The molecule has 2 aromatic carbocycles. The van der Waals surface area contributed by atoms with Crippen molar-refractivity contribution in [3.05, 3.63) is 82.9 Å². The SMILES string of the molecule is CCc1cnc2c(OC)cc(C(=O)NC[C@H](c3cc4c(c(-c5ccc(F)cc5)n3)OC[C@]4(C)C(N)=O)C(F)(F)F)cc2c1. The number of carbonyl (C=O) groups excluding carboxylic acids is 2. The number of primary amides is 1. The summed E-state index contributed by atoms with van der Waals surface area (Å²) in [5.74, 6) is -3.99. The smallest absolute Gasteiger partial charge is 0.398 e. The average molecular weight is 597 g/mol. The molecule has 2 atom stereocenters. The van der Waals surface area contributed by atoms with E-state index in [1.54, 1.807) is 6.20 Å². The van der Waals surface area contributed by atoms with Gasteiger partial charge in [0, 0.05) is 34.8 Å². The summed E-state index contributed by atoms with van der Waals surface area (Å²) in [7, 11) is 1.41. The minimum absolute atomic E-state index is 0.00320. The molecule has 0 spiro atoms. The summed E-state index contributed by atoms with van der Waals surface area (Å²) in [6.45, 7) is 2.35. The highest BCUT2D eigenvalue weighted by atomic mass is 19.4. The number of ether oxygens (including phenoxy) is 2. The van der Waals surface area contributed by atoms with Gasteiger partial charge in [-0.05, 0) is 67.4 Å². The van der Waals surface area contributed by atoms with Crippen LogP contribution in [0.15, 0.2) is 54.7 Å². The Hall–Kier alpha value is -4.74. The number of benzene rings is 2. The first-order chi connectivity index (χ1) is 20.3. The number of alkyl halides is 3. The molecule has 0 radical (unpaired) electrons. The highest BCUT2D eigenvalue weighted by Gasteiger charge is 2.47. The number of methoxy groups -OCH3 is 1. The topological polar surface area (TPSA) is 116 Å². The van der Waals surface area contributed by atoms with E-state index in [0.29, 0.717) is 23.1 Å². The van der Waals surface area contributed by atoms with Crippen LogP contribution in [0.1, 0.15) is 46.9 Å². The van der Waals surface area contributed by atoms with E-state index in [4.69, 9.17) is 15.2 Å². The van der Waals surface area contributed by atoms with Gasteiger partial charge in [-0.3, -0.25) is 14.6 Å². The van der Waals surface area contributed by atoms with Gasteiger partial charge in [0.1, 0.15) is 46.5 Å². The van der Waals surface area contributed by atoms with Gasteiger partial charge in [-0.2, -0.15) is 13.2 Å². The Bertz CT molecular complexity index is 1730. The molecule has 224 valence electrons. The molecule has 3 heterocycles. The van der Waals surface area contributed by atoms with Crippen LogP contribution in [0.5, 0.6) is 11.5 Å². The summed E-state index contributed by atoms with van der Waals surface area (Å²) < 4.78 is 68.4. The zero-order valence-electron chi connectivity index (χ0n) is 23.5. The summed E-state index contributed by atoms with van der Waals surface area (Å²) in [5, 5.41) is 2.98. The van der Waals surface area contributed by atoms with E-state index in [9.17, 15) is 27.2 Å². The van der Waals surface area contributed by atoms with Crippen molar-refractivity contribution in [1.29, 1.82) is 0 Å². The number of pyridine rings is 2. The van der Waals surface area contributed by atoms with Gasteiger partial charge in [0.15, 0.2) is 0 Å². The van der Waals surface area contributed by atoms with Crippen molar-refractivity contribution < 1.29 is 36.6 Å². The van der Waals surface area contributed by atoms with Crippen molar-refractivity contribution in [3.63, 3.8) is 0 Å². The first kappa shape index (κ1) is 29.7. The zero-order chi connectivity index (χ0) is 31.1. The summed E-state index contributed by atoms with van der Waals surface area (Å²) in [5.41, 5.74) is 5.65.